The van der Waals surface area contributed by atoms with Gasteiger partial charge in [-0.2, -0.15) is 0 Å². The third-order valence-corrected chi connectivity index (χ3v) is 3.05. The van der Waals surface area contributed by atoms with Gasteiger partial charge in [0.15, 0.2) is 0 Å². The number of nitrogens with one attached hydrogen (secondary N) is 1. The van der Waals surface area contributed by atoms with E-state index >= 15 is 0 Å². The van der Waals surface area contributed by atoms with E-state index in [-0.39, 0.29) is 11.5 Å². The molecular weight excluding hydrogens is 223 g/mol. The Bertz CT molecular complexity index is 361. The van der Waals surface area contributed by atoms with Crippen molar-refractivity contribution in [2.24, 2.45) is 0 Å². The summed E-state index contributed by atoms with van der Waals surface area (Å²) in [4.78, 5) is 2.02. The van der Waals surface area contributed by atoms with Gasteiger partial charge in [0.2, 0.25) is 0 Å². The maximum absolute atomic E-state index is 13.2. The summed E-state index contributed by atoms with van der Waals surface area (Å²) in [5, 5.41) is 22.1. The highest BCUT2D eigenvalue weighted by molar-refractivity contribution is 5.38. The van der Waals surface area contributed by atoms with Gasteiger partial charge in [-0.3, -0.25) is 4.90 Å². The number of halogens is 1. The molecule has 0 bridgehead atoms. The molecule has 0 spiro atoms. The van der Waals surface area contributed by atoms with Gasteiger partial charge in [-0.15, -0.1) is 0 Å². The molecule has 1 saturated heterocycles. The smallest absolute Gasteiger partial charge is 0.119 e. The van der Waals surface area contributed by atoms with E-state index < -0.39 is 12.7 Å². The van der Waals surface area contributed by atoms with E-state index in [4.69, 9.17) is 0 Å². The molecule has 1 aliphatic heterocycles. The molecular formula is C12H17FN2O2. The molecule has 1 aromatic carbocycles. The Morgan fingerprint density at radius 2 is 1.76 bits per heavy atom. The van der Waals surface area contributed by atoms with Crippen molar-refractivity contribution in [2.75, 3.05) is 32.9 Å². The Morgan fingerprint density at radius 3 is 2.29 bits per heavy atom. The van der Waals surface area contributed by atoms with E-state index in [1.807, 2.05) is 4.90 Å². The summed E-state index contributed by atoms with van der Waals surface area (Å²) >= 11 is 0. The van der Waals surface area contributed by atoms with Crippen molar-refractivity contribution in [3.63, 3.8) is 0 Å². The van der Waals surface area contributed by atoms with Gasteiger partial charge in [-0.25, -0.2) is 4.39 Å². The van der Waals surface area contributed by atoms with Gasteiger partial charge in [0, 0.05) is 32.2 Å². The van der Waals surface area contributed by atoms with E-state index in [2.05, 4.69) is 5.32 Å². The maximum atomic E-state index is 13.2. The molecule has 0 aliphatic carbocycles. The molecule has 0 radical (unpaired) electrons. The second kappa shape index (κ2) is 5.33. The minimum Gasteiger partial charge on any atom is -0.508 e. The van der Waals surface area contributed by atoms with E-state index in [1.165, 1.54) is 18.2 Å². The molecule has 0 amide bonds. The van der Waals surface area contributed by atoms with Gasteiger partial charge in [0.05, 0.1) is 6.04 Å². The summed E-state index contributed by atoms with van der Waals surface area (Å²) in [7, 11) is 0. The lowest BCUT2D eigenvalue weighted by atomic mass is 10.0. The molecule has 4 nitrogen and oxygen atoms in total. The van der Waals surface area contributed by atoms with Gasteiger partial charge in [0.25, 0.3) is 0 Å². The topological polar surface area (TPSA) is 55.7 Å². The van der Waals surface area contributed by atoms with Crippen LogP contribution in [0.5, 0.6) is 11.5 Å². The van der Waals surface area contributed by atoms with Crippen LogP contribution in [0, 0.1) is 0 Å². The zero-order valence-corrected chi connectivity index (χ0v) is 9.56. The number of rotatable bonds is 3. The molecule has 5 heteroatoms. The van der Waals surface area contributed by atoms with Gasteiger partial charge < -0.3 is 15.5 Å². The Morgan fingerprint density at radius 1 is 1.18 bits per heavy atom. The molecule has 0 aromatic heterocycles. The standard InChI is InChI=1S/C12H17FN2O2/c13-8-12(15-3-1-14-2-4-15)9-5-10(16)7-11(17)6-9/h5-7,12,14,16-17H,1-4,8H2/t12-/m0/s1. The van der Waals surface area contributed by atoms with Gasteiger partial charge in [-0.05, 0) is 17.7 Å². The van der Waals surface area contributed by atoms with E-state index in [1.54, 1.807) is 0 Å². The SMILES string of the molecule is Oc1cc(O)cc([C@H](CF)N2CCNCC2)c1. The second-order valence-corrected chi connectivity index (χ2v) is 4.24. The van der Waals surface area contributed by atoms with Gasteiger partial charge >= 0.3 is 0 Å². The summed E-state index contributed by atoms with van der Waals surface area (Å²) in [5.74, 6) is -0.0674. The van der Waals surface area contributed by atoms with Crippen molar-refractivity contribution in [3.05, 3.63) is 23.8 Å². The number of aromatic hydroxyl groups is 2. The summed E-state index contributed by atoms with van der Waals surface area (Å²) < 4.78 is 13.2. The number of phenolic OH excluding ortho intramolecular Hbond substituents is 2. The Hall–Kier alpha value is -1.33. The normalized spacial score (nSPS) is 19.1. The largest absolute Gasteiger partial charge is 0.508 e. The molecule has 2 rings (SSSR count). The zero-order chi connectivity index (χ0) is 12.3. The van der Waals surface area contributed by atoms with Crippen LogP contribution in [0.2, 0.25) is 0 Å². The highest BCUT2D eigenvalue weighted by atomic mass is 19.1. The van der Waals surface area contributed by atoms with Crippen LogP contribution < -0.4 is 5.32 Å². The molecule has 0 saturated carbocycles. The zero-order valence-electron chi connectivity index (χ0n) is 9.56. The van der Waals surface area contributed by atoms with Crippen molar-refractivity contribution in [1.29, 1.82) is 0 Å². The third kappa shape index (κ3) is 2.87. The van der Waals surface area contributed by atoms with Crippen molar-refractivity contribution in [2.45, 2.75) is 6.04 Å². The van der Waals surface area contributed by atoms with E-state index in [0.717, 1.165) is 26.2 Å². The Balaban J connectivity index is 2.21. The van der Waals surface area contributed by atoms with Crippen LogP contribution in [0.3, 0.4) is 0 Å². The fraction of sp³-hybridized carbons (Fsp3) is 0.500. The first-order valence-electron chi connectivity index (χ1n) is 5.74. The van der Waals surface area contributed by atoms with Crippen molar-refractivity contribution >= 4 is 0 Å². The molecule has 94 valence electrons. The van der Waals surface area contributed by atoms with Crippen LogP contribution in [0.1, 0.15) is 11.6 Å². The molecule has 1 heterocycles. The fourth-order valence-corrected chi connectivity index (χ4v) is 2.20. The lowest BCUT2D eigenvalue weighted by Crippen LogP contribution is -2.45. The van der Waals surface area contributed by atoms with Crippen LogP contribution in [-0.2, 0) is 0 Å². The van der Waals surface area contributed by atoms with Gasteiger partial charge in [-0.1, -0.05) is 0 Å². The number of phenols is 2. The lowest BCUT2D eigenvalue weighted by Gasteiger charge is -2.33. The maximum Gasteiger partial charge on any atom is 0.119 e. The number of alkyl halides is 1. The first-order chi connectivity index (χ1) is 8.20. The Labute approximate surface area is 99.7 Å². The van der Waals surface area contributed by atoms with Crippen molar-refractivity contribution in [3.8, 4) is 11.5 Å². The van der Waals surface area contributed by atoms with Crippen molar-refractivity contribution < 1.29 is 14.6 Å². The van der Waals surface area contributed by atoms with Crippen LogP contribution in [0.4, 0.5) is 4.39 Å². The summed E-state index contributed by atoms with van der Waals surface area (Å²) in [6, 6.07) is 3.87. The van der Waals surface area contributed by atoms with Crippen LogP contribution >= 0.6 is 0 Å². The number of nitrogens with zero attached hydrogens (tertiary/aromatic N) is 1. The molecule has 1 aliphatic rings. The van der Waals surface area contributed by atoms with Crippen LogP contribution in [-0.4, -0.2) is 48.0 Å². The highest BCUT2D eigenvalue weighted by Gasteiger charge is 2.22. The first-order valence-corrected chi connectivity index (χ1v) is 5.74. The first kappa shape index (κ1) is 12.1. The van der Waals surface area contributed by atoms with E-state index in [9.17, 15) is 14.6 Å². The minimum atomic E-state index is -0.525. The average Bonchev–Trinajstić information content (AvgIpc) is 2.30. The summed E-state index contributed by atoms with van der Waals surface area (Å²) in [6.07, 6.45) is 0. The number of hydrogen-bond acceptors (Lipinski definition) is 4. The Kier molecular flexibility index (Phi) is 3.81. The van der Waals surface area contributed by atoms with Gasteiger partial charge in [0.1, 0.15) is 18.2 Å². The van der Waals surface area contributed by atoms with Crippen LogP contribution in [0.25, 0.3) is 0 Å². The van der Waals surface area contributed by atoms with E-state index in [0.29, 0.717) is 5.56 Å². The third-order valence-electron chi connectivity index (χ3n) is 3.05. The lowest BCUT2D eigenvalue weighted by molar-refractivity contribution is 0.147. The second-order valence-electron chi connectivity index (χ2n) is 4.24. The number of hydrogen-bond donors (Lipinski definition) is 3. The average molecular weight is 240 g/mol. The number of piperazine rings is 1. The molecule has 1 fully saturated rings. The molecule has 1 aromatic rings. The molecule has 3 N–H and O–H groups in total. The number of benzene rings is 1. The quantitative estimate of drug-likeness (QED) is 0.738. The predicted molar refractivity (Wildman–Crippen MR) is 62.9 cm³/mol. The summed E-state index contributed by atoms with van der Waals surface area (Å²) in [5.41, 5.74) is 0.618. The highest BCUT2D eigenvalue weighted by Crippen LogP contribution is 2.28. The van der Waals surface area contributed by atoms with Crippen molar-refractivity contribution in [1.82, 2.24) is 10.2 Å². The minimum absolute atomic E-state index is 0.0337. The van der Waals surface area contributed by atoms with Crippen LogP contribution in [0.15, 0.2) is 18.2 Å². The molecule has 0 unspecified atom stereocenters. The fourth-order valence-electron chi connectivity index (χ4n) is 2.20. The summed E-state index contributed by atoms with van der Waals surface area (Å²) in [6.45, 7) is 2.68. The predicted octanol–water partition coefficient (Wildman–Crippen LogP) is 1.01. The molecule has 1 atom stereocenters. The molecule has 17 heavy (non-hydrogen) atoms. The monoisotopic (exact) mass is 240 g/mol.